The van der Waals surface area contributed by atoms with Crippen molar-refractivity contribution in [1.29, 1.82) is 0 Å². The summed E-state index contributed by atoms with van der Waals surface area (Å²) in [4.78, 5) is 12.0. The maximum atomic E-state index is 12.0. The second kappa shape index (κ2) is 5.31. The van der Waals surface area contributed by atoms with Crippen LogP contribution in [0.3, 0.4) is 0 Å². The summed E-state index contributed by atoms with van der Waals surface area (Å²) in [6, 6.07) is -0.259. The van der Waals surface area contributed by atoms with Gasteiger partial charge in [0.1, 0.15) is 0 Å². The molecule has 1 aliphatic carbocycles. The molecule has 1 fully saturated rings. The number of ketones is 1. The highest BCUT2D eigenvalue weighted by Gasteiger charge is 2.31. The molecule has 0 aromatic rings. The Hall–Kier alpha value is -0.370. The molecule has 0 bridgehead atoms. The van der Waals surface area contributed by atoms with Crippen LogP contribution in [0.15, 0.2) is 0 Å². The highest BCUT2D eigenvalue weighted by atomic mass is 16.1. The van der Waals surface area contributed by atoms with Crippen LogP contribution in [0.1, 0.15) is 59.8 Å². The molecule has 2 N–H and O–H groups in total. The van der Waals surface area contributed by atoms with Gasteiger partial charge in [0.25, 0.3) is 0 Å². The van der Waals surface area contributed by atoms with Crippen molar-refractivity contribution in [1.82, 2.24) is 0 Å². The van der Waals surface area contributed by atoms with E-state index in [1.54, 1.807) is 0 Å². The minimum atomic E-state index is -0.294. The normalized spacial score (nSPS) is 28.8. The Morgan fingerprint density at radius 1 is 1.31 bits per heavy atom. The van der Waals surface area contributed by atoms with Gasteiger partial charge in [-0.2, -0.15) is 0 Å². The molecule has 0 aromatic carbocycles. The van der Waals surface area contributed by atoms with Crippen LogP contribution < -0.4 is 5.73 Å². The van der Waals surface area contributed by atoms with Crippen LogP contribution in [-0.2, 0) is 4.79 Å². The molecule has 2 nitrogen and oxygen atoms in total. The fourth-order valence-corrected chi connectivity index (χ4v) is 2.73. The van der Waals surface area contributed by atoms with Crippen LogP contribution in [0, 0.1) is 17.3 Å². The molecular formula is C14H27NO. The average Bonchev–Trinajstić information content (AvgIpc) is 2.19. The van der Waals surface area contributed by atoms with Crippen LogP contribution in [0.5, 0.6) is 0 Å². The highest BCUT2D eigenvalue weighted by molar-refractivity contribution is 5.88. The van der Waals surface area contributed by atoms with Gasteiger partial charge in [0.05, 0.1) is 6.04 Å². The zero-order valence-corrected chi connectivity index (χ0v) is 11.3. The molecule has 2 heteroatoms. The molecule has 94 valence electrons. The van der Waals surface area contributed by atoms with E-state index in [9.17, 15) is 4.79 Å². The van der Waals surface area contributed by atoms with Gasteiger partial charge in [0.2, 0.25) is 0 Å². The van der Waals surface area contributed by atoms with Crippen molar-refractivity contribution in [3.8, 4) is 0 Å². The third kappa shape index (κ3) is 3.58. The summed E-state index contributed by atoms with van der Waals surface area (Å²) in [5.74, 6) is 1.62. The van der Waals surface area contributed by atoms with Gasteiger partial charge in [-0.05, 0) is 18.3 Å². The van der Waals surface area contributed by atoms with Crippen molar-refractivity contribution in [3.63, 3.8) is 0 Å². The summed E-state index contributed by atoms with van der Waals surface area (Å²) in [6.07, 6.45) is 6.11. The van der Waals surface area contributed by atoms with Gasteiger partial charge < -0.3 is 5.73 Å². The predicted octanol–water partition coefficient (Wildman–Crippen LogP) is 3.15. The molecule has 0 heterocycles. The first kappa shape index (κ1) is 13.7. The largest absolute Gasteiger partial charge is 0.321 e. The summed E-state index contributed by atoms with van der Waals surface area (Å²) >= 11 is 0. The average molecular weight is 225 g/mol. The van der Waals surface area contributed by atoms with Crippen molar-refractivity contribution in [2.24, 2.45) is 23.0 Å². The van der Waals surface area contributed by atoms with Crippen molar-refractivity contribution >= 4 is 5.78 Å². The van der Waals surface area contributed by atoms with Crippen LogP contribution in [0.25, 0.3) is 0 Å². The lowest BCUT2D eigenvalue weighted by Crippen LogP contribution is -2.41. The molecule has 1 rings (SSSR count). The molecule has 0 aromatic heterocycles. The monoisotopic (exact) mass is 225 g/mol. The summed E-state index contributed by atoms with van der Waals surface area (Å²) in [5, 5.41) is 0. The van der Waals surface area contributed by atoms with Crippen molar-refractivity contribution in [2.75, 3.05) is 0 Å². The number of hydrogen-bond donors (Lipinski definition) is 1. The molecule has 1 aliphatic rings. The first-order valence-corrected chi connectivity index (χ1v) is 6.62. The standard InChI is InChI=1S/C14H27NO/c1-10-7-5-6-8-11(10)9-12(15)13(16)14(2,3)4/h10-12H,5-9,15H2,1-4H3. The Bertz CT molecular complexity index is 242. The topological polar surface area (TPSA) is 43.1 Å². The number of rotatable bonds is 3. The zero-order valence-electron chi connectivity index (χ0n) is 11.3. The van der Waals surface area contributed by atoms with Gasteiger partial charge in [-0.15, -0.1) is 0 Å². The van der Waals surface area contributed by atoms with Crippen LogP contribution in [0.4, 0.5) is 0 Å². The second-order valence-electron chi connectivity index (χ2n) is 6.48. The van der Waals surface area contributed by atoms with E-state index in [-0.39, 0.29) is 17.2 Å². The third-order valence-electron chi connectivity index (χ3n) is 3.92. The van der Waals surface area contributed by atoms with E-state index in [1.165, 1.54) is 25.7 Å². The van der Waals surface area contributed by atoms with Crippen LogP contribution >= 0.6 is 0 Å². The Kier molecular flexibility index (Phi) is 4.54. The number of hydrogen-bond acceptors (Lipinski definition) is 2. The zero-order chi connectivity index (χ0) is 12.3. The Balaban J connectivity index is 2.50. The first-order chi connectivity index (χ1) is 7.32. The quantitative estimate of drug-likeness (QED) is 0.802. The fraction of sp³-hybridized carbons (Fsp3) is 0.929. The van der Waals surface area contributed by atoms with E-state index in [0.29, 0.717) is 5.92 Å². The molecule has 0 amide bonds. The Morgan fingerprint density at radius 3 is 2.38 bits per heavy atom. The molecule has 3 atom stereocenters. The fourth-order valence-electron chi connectivity index (χ4n) is 2.73. The van der Waals surface area contributed by atoms with E-state index >= 15 is 0 Å². The predicted molar refractivity (Wildman–Crippen MR) is 68.2 cm³/mol. The number of Topliss-reactive ketones (excluding diaryl/α,β-unsaturated/α-hetero) is 1. The van der Waals surface area contributed by atoms with E-state index in [2.05, 4.69) is 6.92 Å². The number of carbonyl (C=O) groups is 1. The van der Waals surface area contributed by atoms with Crippen molar-refractivity contribution < 1.29 is 4.79 Å². The molecule has 0 saturated heterocycles. The third-order valence-corrected chi connectivity index (χ3v) is 3.92. The SMILES string of the molecule is CC1CCCCC1CC(N)C(=O)C(C)(C)C. The van der Waals surface area contributed by atoms with E-state index in [0.717, 1.165) is 12.3 Å². The van der Waals surface area contributed by atoms with E-state index in [4.69, 9.17) is 5.73 Å². The van der Waals surface area contributed by atoms with Gasteiger partial charge in [-0.1, -0.05) is 53.4 Å². The molecule has 3 unspecified atom stereocenters. The summed E-state index contributed by atoms with van der Waals surface area (Å²) in [6.45, 7) is 8.18. The second-order valence-corrected chi connectivity index (χ2v) is 6.48. The smallest absolute Gasteiger partial charge is 0.154 e. The van der Waals surface area contributed by atoms with Gasteiger partial charge in [-0.25, -0.2) is 0 Å². The molecule has 16 heavy (non-hydrogen) atoms. The Morgan fingerprint density at radius 2 is 1.88 bits per heavy atom. The van der Waals surface area contributed by atoms with Crippen LogP contribution in [0.2, 0.25) is 0 Å². The summed E-state index contributed by atoms with van der Waals surface area (Å²) in [5.41, 5.74) is 5.75. The molecular weight excluding hydrogens is 198 g/mol. The minimum absolute atomic E-state index is 0.213. The van der Waals surface area contributed by atoms with E-state index in [1.807, 2.05) is 20.8 Å². The van der Waals surface area contributed by atoms with Gasteiger partial charge in [0, 0.05) is 5.41 Å². The number of carbonyl (C=O) groups excluding carboxylic acids is 1. The molecule has 0 spiro atoms. The van der Waals surface area contributed by atoms with E-state index < -0.39 is 0 Å². The minimum Gasteiger partial charge on any atom is -0.321 e. The van der Waals surface area contributed by atoms with Crippen molar-refractivity contribution in [3.05, 3.63) is 0 Å². The molecule has 0 aliphatic heterocycles. The summed E-state index contributed by atoms with van der Waals surface area (Å²) < 4.78 is 0. The van der Waals surface area contributed by atoms with Gasteiger partial charge in [0.15, 0.2) is 5.78 Å². The highest BCUT2D eigenvalue weighted by Crippen LogP contribution is 2.33. The summed E-state index contributed by atoms with van der Waals surface area (Å²) in [7, 11) is 0. The molecule has 0 radical (unpaired) electrons. The van der Waals surface area contributed by atoms with Gasteiger partial charge >= 0.3 is 0 Å². The van der Waals surface area contributed by atoms with Crippen LogP contribution in [-0.4, -0.2) is 11.8 Å². The van der Waals surface area contributed by atoms with Gasteiger partial charge in [-0.3, -0.25) is 4.79 Å². The molecule has 1 saturated carbocycles. The van der Waals surface area contributed by atoms with Crippen molar-refractivity contribution in [2.45, 2.75) is 65.8 Å². The lowest BCUT2D eigenvalue weighted by Gasteiger charge is -2.32. The first-order valence-electron chi connectivity index (χ1n) is 6.62. The Labute approximate surface area is 100.0 Å². The maximum Gasteiger partial charge on any atom is 0.154 e. The lowest BCUT2D eigenvalue weighted by molar-refractivity contribution is -0.128. The maximum absolute atomic E-state index is 12.0. The lowest BCUT2D eigenvalue weighted by atomic mass is 9.75. The number of nitrogens with two attached hydrogens (primary N) is 1.